The molecule has 1 heterocycles. The maximum atomic E-state index is 14.1. The SMILES string of the molecule is COc1ccc(N(C(=O)Cn2nnc3ccccc32)C(C(=O)NC(C)(C)C)c2ccc(N(C)C)cc2)cc1. The molecule has 4 rings (SSSR count). The molecule has 9 heteroatoms. The Morgan fingerprint density at radius 3 is 2.18 bits per heavy atom. The number of anilines is 2. The Balaban J connectivity index is 1.82. The van der Waals surface area contributed by atoms with E-state index in [2.05, 4.69) is 15.6 Å². The molecule has 1 aromatic heterocycles. The van der Waals surface area contributed by atoms with Crippen LogP contribution in [0.1, 0.15) is 32.4 Å². The molecule has 3 aromatic carbocycles. The quantitative estimate of drug-likeness (QED) is 0.379. The van der Waals surface area contributed by atoms with E-state index in [1.54, 1.807) is 36.1 Å². The van der Waals surface area contributed by atoms with Gasteiger partial charge >= 0.3 is 0 Å². The second kappa shape index (κ2) is 10.9. The molecule has 0 radical (unpaired) electrons. The van der Waals surface area contributed by atoms with Gasteiger partial charge in [-0.05, 0) is 74.9 Å². The minimum atomic E-state index is -0.930. The molecule has 1 unspecified atom stereocenters. The van der Waals surface area contributed by atoms with E-state index in [-0.39, 0.29) is 18.4 Å². The van der Waals surface area contributed by atoms with Crippen LogP contribution in [0.5, 0.6) is 5.75 Å². The van der Waals surface area contributed by atoms with Gasteiger partial charge < -0.3 is 15.0 Å². The summed E-state index contributed by atoms with van der Waals surface area (Å²) in [5.41, 5.74) is 3.16. The van der Waals surface area contributed by atoms with E-state index in [1.807, 2.05) is 88.3 Å². The number of hydrogen-bond donors (Lipinski definition) is 1. The van der Waals surface area contributed by atoms with E-state index < -0.39 is 11.6 Å². The molecule has 38 heavy (non-hydrogen) atoms. The van der Waals surface area contributed by atoms with Crippen molar-refractivity contribution in [1.29, 1.82) is 0 Å². The molecule has 0 bridgehead atoms. The predicted octanol–water partition coefficient (Wildman–Crippen LogP) is 4.20. The molecule has 0 aliphatic carbocycles. The number of benzene rings is 3. The van der Waals surface area contributed by atoms with Crippen molar-refractivity contribution >= 4 is 34.2 Å². The standard InChI is InChI=1S/C29H34N6O3/c1-29(2,3)30-28(37)27(20-11-13-21(14-12-20)33(4)5)35(22-15-17-23(38-6)18-16-22)26(36)19-34-25-10-8-7-9-24(25)31-32-34/h7-18,27H,19H2,1-6H3,(H,30,37). The van der Waals surface area contributed by atoms with Gasteiger partial charge in [0.05, 0.1) is 12.6 Å². The Kier molecular flexibility index (Phi) is 7.66. The minimum absolute atomic E-state index is 0.0956. The highest BCUT2D eigenvalue weighted by molar-refractivity contribution is 6.01. The van der Waals surface area contributed by atoms with Crippen LogP contribution >= 0.6 is 0 Å². The van der Waals surface area contributed by atoms with Crippen molar-refractivity contribution in [2.75, 3.05) is 31.0 Å². The largest absolute Gasteiger partial charge is 0.497 e. The van der Waals surface area contributed by atoms with Crippen LogP contribution in [0.2, 0.25) is 0 Å². The average Bonchev–Trinajstić information content (AvgIpc) is 3.29. The van der Waals surface area contributed by atoms with Crippen molar-refractivity contribution in [3.8, 4) is 5.75 Å². The highest BCUT2D eigenvalue weighted by atomic mass is 16.5. The highest BCUT2D eigenvalue weighted by Gasteiger charge is 2.35. The zero-order valence-corrected chi connectivity index (χ0v) is 22.7. The molecule has 0 aliphatic rings. The Bertz CT molecular complexity index is 1410. The molecule has 0 saturated carbocycles. The van der Waals surface area contributed by atoms with Gasteiger partial charge in [0.25, 0.3) is 0 Å². The number of fused-ring (bicyclic) bond motifs is 1. The molecule has 0 spiro atoms. The van der Waals surface area contributed by atoms with Crippen molar-refractivity contribution in [2.24, 2.45) is 0 Å². The zero-order chi connectivity index (χ0) is 27.4. The van der Waals surface area contributed by atoms with Crippen molar-refractivity contribution < 1.29 is 14.3 Å². The first-order valence-corrected chi connectivity index (χ1v) is 12.4. The summed E-state index contributed by atoms with van der Waals surface area (Å²) in [5, 5.41) is 11.4. The predicted molar refractivity (Wildman–Crippen MR) is 149 cm³/mol. The molecule has 4 aromatic rings. The van der Waals surface area contributed by atoms with Gasteiger partial charge in [-0.3, -0.25) is 14.5 Å². The van der Waals surface area contributed by atoms with E-state index in [0.717, 1.165) is 11.2 Å². The number of amides is 2. The van der Waals surface area contributed by atoms with Crippen LogP contribution in [0.4, 0.5) is 11.4 Å². The van der Waals surface area contributed by atoms with Gasteiger partial charge in [0.1, 0.15) is 23.9 Å². The smallest absolute Gasteiger partial charge is 0.249 e. The van der Waals surface area contributed by atoms with E-state index in [4.69, 9.17) is 4.74 Å². The maximum Gasteiger partial charge on any atom is 0.249 e. The van der Waals surface area contributed by atoms with Crippen LogP contribution < -0.4 is 19.9 Å². The van der Waals surface area contributed by atoms with Crippen molar-refractivity contribution in [2.45, 2.75) is 38.9 Å². The Morgan fingerprint density at radius 2 is 1.58 bits per heavy atom. The Morgan fingerprint density at radius 1 is 0.947 bits per heavy atom. The van der Waals surface area contributed by atoms with Crippen LogP contribution in [-0.2, 0) is 16.1 Å². The highest BCUT2D eigenvalue weighted by Crippen LogP contribution is 2.31. The minimum Gasteiger partial charge on any atom is -0.497 e. The third-order valence-electron chi connectivity index (χ3n) is 6.05. The lowest BCUT2D eigenvalue weighted by Crippen LogP contribution is -2.50. The lowest BCUT2D eigenvalue weighted by Gasteiger charge is -2.34. The number of methoxy groups -OCH3 is 1. The fourth-order valence-electron chi connectivity index (χ4n) is 4.23. The van der Waals surface area contributed by atoms with E-state index in [9.17, 15) is 9.59 Å². The third-order valence-corrected chi connectivity index (χ3v) is 6.05. The van der Waals surface area contributed by atoms with Gasteiger partial charge in [0.2, 0.25) is 11.8 Å². The first-order valence-electron chi connectivity index (χ1n) is 12.4. The maximum absolute atomic E-state index is 14.1. The number of ether oxygens (including phenoxy) is 1. The summed E-state index contributed by atoms with van der Waals surface area (Å²) in [7, 11) is 5.49. The lowest BCUT2D eigenvalue weighted by molar-refractivity contribution is -0.128. The zero-order valence-electron chi connectivity index (χ0n) is 22.7. The molecule has 0 aliphatic heterocycles. The summed E-state index contributed by atoms with van der Waals surface area (Å²) in [6, 6.07) is 21.3. The first-order chi connectivity index (χ1) is 18.1. The number of hydrogen-bond acceptors (Lipinski definition) is 6. The number of para-hydroxylation sites is 1. The molecule has 0 saturated heterocycles. The normalized spacial score (nSPS) is 12.2. The monoisotopic (exact) mass is 514 g/mol. The van der Waals surface area contributed by atoms with Crippen LogP contribution in [-0.4, -0.2) is 53.6 Å². The summed E-state index contributed by atoms with van der Waals surface area (Å²) in [5.74, 6) is 0.0498. The van der Waals surface area contributed by atoms with Gasteiger partial charge in [-0.15, -0.1) is 5.10 Å². The number of rotatable bonds is 8. The summed E-state index contributed by atoms with van der Waals surface area (Å²) in [4.78, 5) is 31.5. The van der Waals surface area contributed by atoms with E-state index in [1.165, 1.54) is 4.90 Å². The number of carbonyl (C=O) groups is 2. The molecule has 198 valence electrons. The van der Waals surface area contributed by atoms with E-state index in [0.29, 0.717) is 22.5 Å². The van der Waals surface area contributed by atoms with Crippen molar-refractivity contribution in [3.05, 3.63) is 78.4 Å². The van der Waals surface area contributed by atoms with Gasteiger partial charge in [-0.25, -0.2) is 4.68 Å². The topological polar surface area (TPSA) is 92.6 Å². The summed E-state index contributed by atoms with van der Waals surface area (Å²) >= 11 is 0. The van der Waals surface area contributed by atoms with Crippen molar-refractivity contribution in [1.82, 2.24) is 20.3 Å². The molecule has 2 amide bonds. The van der Waals surface area contributed by atoms with Crippen LogP contribution in [0.25, 0.3) is 11.0 Å². The third kappa shape index (κ3) is 5.94. The van der Waals surface area contributed by atoms with Crippen molar-refractivity contribution in [3.63, 3.8) is 0 Å². The average molecular weight is 515 g/mol. The van der Waals surface area contributed by atoms with E-state index >= 15 is 0 Å². The Hall–Kier alpha value is -4.40. The number of nitrogens with zero attached hydrogens (tertiary/aromatic N) is 5. The summed E-state index contributed by atoms with van der Waals surface area (Å²) < 4.78 is 6.88. The molecule has 1 N–H and O–H groups in total. The van der Waals surface area contributed by atoms with Gasteiger partial charge in [-0.1, -0.05) is 29.5 Å². The van der Waals surface area contributed by atoms with Gasteiger partial charge in [0.15, 0.2) is 0 Å². The molecule has 0 fully saturated rings. The fourth-order valence-corrected chi connectivity index (χ4v) is 4.23. The van der Waals surface area contributed by atoms with Gasteiger partial charge in [0, 0.05) is 31.0 Å². The molecular formula is C29H34N6O3. The van der Waals surface area contributed by atoms with Crippen LogP contribution in [0, 0.1) is 0 Å². The summed E-state index contributed by atoms with van der Waals surface area (Å²) in [6.07, 6.45) is 0. The second-order valence-corrected chi connectivity index (χ2v) is 10.3. The second-order valence-electron chi connectivity index (χ2n) is 10.3. The summed E-state index contributed by atoms with van der Waals surface area (Å²) in [6.45, 7) is 5.65. The Labute approximate surface area is 223 Å². The molecule has 9 nitrogen and oxygen atoms in total. The number of carbonyl (C=O) groups excluding carboxylic acids is 2. The fraction of sp³-hybridized carbons (Fsp3) is 0.310. The molecule has 1 atom stereocenters. The molecular weight excluding hydrogens is 480 g/mol. The number of nitrogens with one attached hydrogen (secondary N) is 1. The number of aromatic nitrogens is 3. The van der Waals surface area contributed by atoms with Crippen LogP contribution in [0.3, 0.4) is 0 Å². The first kappa shape index (κ1) is 26.7. The lowest BCUT2D eigenvalue weighted by atomic mass is 10.00. The van der Waals surface area contributed by atoms with Crippen LogP contribution in [0.15, 0.2) is 72.8 Å². The van der Waals surface area contributed by atoms with Gasteiger partial charge in [-0.2, -0.15) is 0 Å².